The largest absolute Gasteiger partial charge is 0.423 e. The fraction of sp³-hybridized carbons (Fsp3) is 0.250. The molecule has 2 aromatic rings. The molecule has 0 saturated carbocycles. The molecule has 1 aromatic carbocycles. The second-order valence-electron chi connectivity index (χ2n) is 3.06. The molecule has 2 rings (SSSR count). The van der Waals surface area contributed by atoms with Crippen LogP contribution in [0.1, 0.15) is 12.5 Å². The molecule has 15 heavy (non-hydrogen) atoms. The predicted octanol–water partition coefficient (Wildman–Crippen LogP) is 2.10. The van der Waals surface area contributed by atoms with Gasteiger partial charge in [-0.15, -0.1) is 0 Å². The number of para-hydroxylation sites is 1. The van der Waals surface area contributed by atoms with Gasteiger partial charge in [-0.2, -0.15) is 0 Å². The Morgan fingerprint density at radius 1 is 1.33 bits per heavy atom. The predicted molar refractivity (Wildman–Crippen MR) is 60.0 cm³/mol. The summed E-state index contributed by atoms with van der Waals surface area (Å²) in [5, 5.41) is 8.57. The molecule has 1 heterocycles. The summed E-state index contributed by atoms with van der Waals surface area (Å²) in [5.74, 6) is 0. The minimum absolute atomic E-state index is 0.250. The van der Waals surface area contributed by atoms with E-state index in [2.05, 4.69) is 0 Å². The standard InChI is InChI=1S/C10H8O2.C2H6O/c1-7-6-10(11)12-9-5-3-2-4-8(7)9;1-2-3/h2-6H,1H3;3H,2H2,1H3. The summed E-state index contributed by atoms with van der Waals surface area (Å²) in [6.45, 7) is 3.83. The third-order valence-electron chi connectivity index (χ3n) is 1.86. The number of aryl methyl sites for hydroxylation is 1. The van der Waals surface area contributed by atoms with Crippen LogP contribution in [-0.2, 0) is 0 Å². The molecule has 0 amide bonds. The number of rotatable bonds is 0. The maximum absolute atomic E-state index is 10.9. The van der Waals surface area contributed by atoms with Gasteiger partial charge in [-0.25, -0.2) is 4.79 Å². The van der Waals surface area contributed by atoms with E-state index in [0.717, 1.165) is 10.9 Å². The topological polar surface area (TPSA) is 50.4 Å². The number of hydrogen-bond donors (Lipinski definition) is 1. The molecule has 0 unspecified atom stereocenters. The van der Waals surface area contributed by atoms with Gasteiger partial charge in [0, 0.05) is 18.1 Å². The molecule has 3 heteroatoms. The smallest absolute Gasteiger partial charge is 0.336 e. The fourth-order valence-electron chi connectivity index (χ4n) is 1.27. The molecule has 3 nitrogen and oxygen atoms in total. The van der Waals surface area contributed by atoms with Crippen molar-refractivity contribution in [3.8, 4) is 0 Å². The van der Waals surface area contributed by atoms with Crippen LogP contribution in [0.5, 0.6) is 0 Å². The fourth-order valence-corrected chi connectivity index (χ4v) is 1.27. The Balaban J connectivity index is 0.000000337. The van der Waals surface area contributed by atoms with Crippen molar-refractivity contribution in [2.45, 2.75) is 13.8 Å². The van der Waals surface area contributed by atoms with Crippen molar-refractivity contribution in [2.24, 2.45) is 0 Å². The Morgan fingerprint density at radius 2 is 1.93 bits per heavy atom. The lowest BCUT2D eigenvalue weighted by atomic mass is 10.1. The highest BCUT2D eigenvalue weighted by Crippen LogP contribution is 2.14. The minimum Gasteiger partial charge on any atom is -0.423 e. The first-order valence-electron chi connectivity index (χ1n) is 4.79. The Morgan fingerprint density at radius 3 is 2.60 bits per heavy atom. The zero-order valence-corrected chi connectivity index (χ0v) is 8.86. The average molecular weight is 206 g/mol. The number of fused-ring (bicyclic) bond motifs is 1. The molecule has 0 aliphatic carbocycles. The molecular weight excluding hydrogens is 192 g/mol. The monoisotopic (exact) mass is 206 g/mol. The van der Waals surface area contributed by atoms with Gasteiger partial charge >= 0.3 is 5.63 Å². The van der Waals surface area contributed by atoms with Crippen LogP contribution in [0.15, 0.2) is 39.5 Å². The van der Waals surface area contributed by atoms with Crippen LogP contribution in [0, 0.1) is 6.92 Å². The van der Waals surface area contributed by atoms with Crippen molar-refractivity contribution >= 4 is 11.0 Å². The molecule has 0 saturated heterocycles. The Hall–Kier alpha value is -1.61. The maximum Gasteiger partial charge on any atom is 0.336 e. The van der Waals surface area contributed by atoms with Crippen molar-refractivity contribution in [3.05, 3.63) is 46.3 Å². The summed E-state index contributed by atoms with van der Waals surface area (Å²) in [7, 11) is 0. The quantitative estimate of drug-likeness (QED) is 0.671. The zero-order valence-electron chi connectivity index (χ0n) is 8.86. The molecule has 0 bridgehead atoms. The summed E-state index contributed by atoms with van der Waals surface area (Å²) in [6, 6.07) is 9.01. The Bertz CT molecular complexity index is 485. The SMILES string of the molecule is CCO.Cc1cc(=O)oc2ccccc12. The van der Waals surface area contributed by atoms with Crippen molar-refractivity contribution in [1.82, 2.24) is 0 Å². The van der Waals surface area contributed by atoms with E-state index >= 15 is 0 Å². The van der Waals surface area contributed by atoms with Crippen LogP contribution >= 0.6 is 0 Å². The second-order valence-corrected chi connectivity index (χ2v) is 3.06. The van der Waals surface area contributed by atoms with Crippen molar-refractivity contribution in [1.29, 1.82) is 0 Å². The molecule has 1 aromatic heterocycles. The minimum atomic E-state index is -0.286. The first-order valence-corrected chi connectivity index (χ1v) is 4.79. The van der Waals surface area contributed by atoms with Gasteiger partial charge in [0.2, 0.25) is 0 Å². The third-order valence-corrected chi connectivity index (χ3v) is 1.86. The highest BCUT2D eigenvalue weighted by Gasteiger charge is 1.98. The van der Waals surface area contributed by atoms with Gasteiger partial charge in [-0.05, 0) is 25.5 Å². The Kier molecular flexibility index (Phi) is 4.06. The molecule has 0 aliphatic heterocycles. The molecular formula is C12H14O3. The van der Waals surface area contributed by atoms with Gasteiger partial charge in [0.05, 0.1) is 0 Å². The van der Waals surface area contributed by atoms with Gasteiger partial charge in [0.1, 0.15) is 5.58 Å². The Labute approximate surface area is 88.0 Å². The van der Waals surface area contributed by atoms with Crippen LogP contribution < -0.4 is 5.63 Å². The number of aliphatic hydroxyl groups excluding tert-OH is 1. The van der Waals surface area contributed by atoms with Gasteiger partial charge in [-0.1, -0.05) is 18.2 Å². The summed E-state index contributed by atoms with van der Waals surface area (Å²) in [5.41, 5.74) is 1.33. The van der Waals surface area contributed by atoms with Crippen LogP contribution in [-0.4, -0.2) is 11.7 Å². The lowest BCUT2D eigenvalue weighted by Crippen LogP contribution is -1.97. The second kappa shape index (κ2) is 5.32. The first-order chi connectivity index (χ1) is 7.19. The molecule has 1 N–H and O–H groups in total. The maximum atomic E-state index is 10.9. The molecule has 80 valence electrons. The van der Waals surface area contributed by atoms with Crippen LogP contribution in [0.3, 0.4) is 0 Å². The summed E-state index contributed by atoms with van der Waals surface area (Å²) in [4.78, 5) is 10.9. The van der Waals surface area contributed by atoms with Crippen molar-refractivity contribution < 1.29 is 9.52 Å². The third kappa shape index (κ3) is 2.92. The van der Waals surface area contributed by atoms with E-state index in [1.165, 1.54) is 6.07 Å². The van der Waals surface area contributed by atoms with Crippen LogP contribution in [0.25, 0.3) is 11.0 Å². The first kappa shape index (κ1) is 11.5. The highest BCUT2D eigenvalue weighted by molar-refractivity contribution is 5.79. The van der Waals surface area contributed by atoms with Gasteiger partial charge in [0.15, 0.2) is 0 Å². The van der Waals surface area contributed by atoms with E-state index in [1.807, 2.05) is 25.1 Å². The van der Waals surface area contributed by atoms with E-state index in [9.17, 15) is 4.79 Å². The van der Waals surface area contributed by atoms with Crippen LogP contribution in [0.2, 0.25) is 0 Å². The van der Waals surface area contributed by atoms with Crippen molar-refractivity contribution in [3.63, 3.8) is 0 Å². The molecule has 0 atom stereocenters. The van der Waals surface area contributed by atoms with Gasteiger partial charge in [0.25, 0.3) is 0 Å². The number of aliphatic hydroxyl groups is 1. The summed E-state index contributed by atoms with van der Waals surface area (Å²) in [6.07, 6.45) is 0. The number of benzene rings is 1. The zero-order chi connectivity index (χ0) is 11.3. The lowest BCUT2D eigenvalue weighted by Gasteiger charge is -1.97. The van der Waals surface area contributed by atoms with Crippen LogP contribution in [0.4, 0.5) is 0 Å². The van der Waals surface area contributed by atoms with E-state index in [1.54, 1.807) is 13.0 Å². The molecule has 0 fully saturated rings. The van der Waals surface area contributed by atoms with Crippen molar-refractivity contribution in [2.75, 3.05) is 6.61 Å². The lowest BCUT2D eigenvalue weighted by molar-refractivity contribution is 0.318. The van der Waals surface area contributed by atoms with E-state index in [-0.39, 0.29) is 12.2 Å². The van der Waals surface area contributed by atoms with E-state index in [4.69, 9.17) is 9.52 Å². The molecule has 0 spiro atoms. The van der Waals surface area contributed by atoms with Gasteiger partial charge < -0.3 is 9.52 Å². The summed E-state index contributed by atoms with van der Waals surface area (Å²) >= 11 is 0. The summed E-state index contributed by atoms with van der Waals surface area (Å²) < 4.78 is 4.99. The van der Waals surface area contributed by atoms with E-state index in [0.29, 0.717) is 5.58 Å². The normalized spacial score (nSPS) is 9.53. The van der Waals surface area contributed by atoms with E-state index < -0.39 is 0 Å². The number of hydrogen-bond acceptors (Lipinski definition) is 3. The average Bonchev–Trinajstić information content (AvgIpc) is 2.18. The molecule has 0 aliphatic rings. The highest BCUT2D eigenvalue weighted by atomic mass is 16.4. The van der Waals surface area contributed by atoms with Gasteiger partial charge in [-0.3, -0.25) is 0 Å². The molecule has 0 radical (unpaired) electrons.